The summed E-state index contributed by atoms with van der Waals surface area (Å²) >= 11 is 0. The van der Waals surface area contributed by atoms with Crippen LogP contribution in [0.1, 0.15) is 30.0 Å². The Labute approximate surface area is 149 Å². The molecule has 1 amide bonds. The van der Waals surface area contributed by atoms with E-state index < -0.39 is 0 Å². The zero-order valence-electron chi connectivity index (χ0n) is 14.6. The number of nitriles is 1. The van der Waals surface area contributed by atoms with Crippen molar-refractivity contribution >= 4 is 11.6 Å². The second-order valence-electron chi connectivity index (χ2n) is 6.46. The van der Waals surface area contributed by atoms with Crippen molar-refractivity contribution in [3.63, 3.8) is 0 Å². The van der Waals surface area contributed by atoms with Crippen LogP contribution in [0.4, 0.5) is 5.69 Å². The smallest absolute Gasteiger partial charge is 0.241 e. The average Bonchev–Trinajstić information content (AvgIpc) is 3.07. The molecule has 4 nitrogen and oxygen atoms in total. The molecule has 0 fully saturated rings. The molecule has 0 saturated carbocycles. The minimum atomic E-state index is 0.0355. The van der Waals surface area contributed by atoms with Gasteiger partial charge in [-0.25, -0.2) is 0 Å². The van der Waals surface area contributed by atoms with Crippen molar-refractivity contribution in [2.45, 2.75) is 25.3 Å². The zero-order chi connectivity index (χ0) is 17.6. The number of carbonyl (C=O) groups is 1. The van der Waals surface area contributed by atoms with Gasteiger partial charge in [0.25, 0.3) is 0 Å². The molecule has 0 aromatic heterocycles. The van der Waals surface area contributed by atoms with Gasteiger partial charge in [-0.3, -0.25) is 9.69 Å². The Kier molecular flexibility index (Phi) is 5.47. The van der Waals surface area contributed by atoms with Crippen molar-refractivity contribution in [2.24, 2.45) is 0 Å². The first kappa shape index (κ1) is 17.2. The van der Waals surface area contributed by atoms with E-state index in [9.17, 15) is 4.79 Å². The molecule has 4 heteroatoms. The number of fused-ring (bicyclic) bond motifs is 1. The molecule has 0 heterocycles. The number of carbonyl (C=O) groups excluding carboxylic acids is 1. The highest BCUT2D eigenvalue weighted by atomic mass is 16.2. The van der Waals surface area contributed by atoms with Crippen LogP contribution >= 0.6 is 0 Å². The highest BCUT2D eigenvalue weighted by Crippen LogP contribution is 2.34. The molecule has 0 radical (unpaired) electrons. The summed E-state index contributed by atoms with van der Waals surface area (Å²) in [5.41, 5.74) is 3.57. The predicted octanol–water partition coefficient (Wildman–Crippen LogP) is 3.55. The third-order valence-corrected chi connectivity index (χ3v) is 4.83. The normalized spacial score (nSPS) is 15.6. The largest absolute Gasteiger partial charge is 0.310 e. The van der Waals surface area contributed by atoms with Crippen LogP contribution in [-0.4, -0.2) is 30.9 Å². The lowest BCUT2D eigenvalue weighted by Crippen LogP contribution is -2.40. The van der Waals surface area contributed by atoms with E-state index in [1.807, 2.05) is 37.4 Å². The predicted molar refractivity (Wildman–Crippen MR) is 99.2 cm³/mol. The van der Waals surface area contributed by atoms with Crippen LogP contribution < -0.4 is 4.90 Å². The van der Waals surface area contributed by atoms with Crippen LogP contribution in [0.25, 0.3) is 0 Å². The molecule has 2 aromatic carbocycles. The number of rotatable bonds is 6. The summed E-state index contributed by atoms with van der Waals surface area (Å²) in [4.78, 5) is 16.8. The van der Waals surface area contributed by atoms with E-state index in [0.29, 0.717) is 19.5 Å². The van der Waals surface area contributed by atoms with Gasteiger partial charge in [0.05, 0.1) is 19.0 Å². The molecule has 0 N–H and O–H groups in total. The third-order valence-electron chi connectivity index (χ3n) is 4.83. The van der Waals surface area contributed by atoms with Crippen LogP contribution in [0, 0.1) is 11.3 Å². The Morgan fingerprint density at radius 2 is 1.88 bits per heavy atom. The summed E-state index contributed by atoms with van der Waals surface area (Å²) in [5, 5.41) is 8.91. The molecule has 0 bridgehead atoms. The summed E-state index contributed by atoms with van der Waals surface area (Å²) in [6, 6.07) is 20.5. The molecule has 1 aliphatic rings. The SMILES string of the molecule is CN(CC(=O)N(CCC#N)c1ccccc1)C1CCc2ccccc21. The summed E-state index contributed by atoms with van der Waals surface area (Å²) in [6.07, 6.45) is 2.44. The lowest BCUT2D eigenvalue weighted by molar-refractivity contribution is -0.120. The van der Waals surface area contributed by atoms with Crippen LogP contribution in [0.2, 0.25) is 0 Å². The number of anilines is 1. The number of hydrogen-bond donors (Lipinski definition) is 0. The maximum absolute atomic E-state index is 12.9. The quantitative estimate of drug-likeness (QED) is 0.812. The van der Waals surface area contributed by atoms with E-state index >= 15 is 0 Å². The van der Waals surface area contributed by atoms with E-state index in [2.05, 4.69) is 35.2 Å². The molecule has 25 heavy (non-hydrogen) atoms. The van der Waals surface area contributed by atoms with Crippen molar-refractivity contribution < 1.29 is 4.79 Å². The van der Waals surface area contributed by atoms with Crippen LogP contribution in [0.15, 0.2) is 54.6 Å². The van der Waals surface area contributed by atoms with Crippen LogP contribution in [0.3, 0.4) is 0 Å². The van der Waals surface area contributed by atoms with E-state index in [-0.39, 0.29) is 11.9 Å². The number of hydrogen-bond acceptors (Lipinski definition) is 3. The molecule has 0 saturated heterocycles. The van der Waals surface area contributed by atoms with Crippen LogP contribution in [0.5, 0.6) is 0 Å². The van der Waals surface area contributed by atoms with E-state index in [4.69, 9.17) is 5.26 Å². The molecule has 3 rings (SSSR count). The fourth-order valence-corrected chi connectivity index (χ4v) is 3.57. The summed E-state index contributed by atoms with van der Waals surface area (Å²) in [5.74, 6) is 0.0355. The molecule has 128 valence electrons. The second-order valence-corrected chi connectivity index (χ2v) is 6.46. The van der Waals surface area contributed by atoms with Crippen molar-refractivity contribution in [1.82, 2.24) is 4.90 Å². The summed E-state index contributed by atoms with van der Waals surface area (Å²) in [7, 11) is 2.01. The van der Waals surface area contributed by atoms with Crippen LogP contribution in [-0.2, 0) is 11.2 Å². The minimum absolute atomic E-state index is 0.0355. The maximum atomic E-state index is 12.9. The lowest BCUT2D eigenvalue weighted by Gasteiger charge is -2.28. The molecule has 1 unspecified atom stereocenters. The van der Waals surface area contributed by atoms with Gasteiger partial charge in [0.1, 0.15) is 0 Å². The monoisotopic (exact) mass is 333 g/mol. The molecule has 1 aliphatic carbocycles. The Hall–Kier alpha value is -2.64. The third kappa shape index (κ3) is 3.89. The van der Waals surface area contributed by atoms with Crippen molar-refractivity contribution in [1.29, 1.82) is 5.26 Å². The highest BCUT2D eigenvalue weighted by molar-refractivity contribution is 5.94. The number of likely N-dealkylation sites (N-methyl/N-ethyl adjacent to an activating group) is 1. The molecule has 0 spiro atoms. The minimum Gasteiger partial charge on any atom is -0.310 e. The van der Waals surface area contributed by atoms with Gasteiger partial charge >= 0.3 is 0 Å². The van der Waals surface area contributed by atoms with Gasteiger partial charge in [-0.2, -0.15) is 5.26 Å². The average molecular weight is 333 g/mol. The number of para-hydroxylation sites is 1. The van der Waals surface area contributed by atoms with Crippen molar-refractivity contribution in [3.05, 3.63) is 65.7 Å². The van der Waals surface area contributed by atoms with Crippen molar-refractivity contribution in [2.75, 3.05) is 25.0 Å². The van der Waals surface area contributed by atoms with Gasteiger partial charge in [-0.1, -0.05) is 42.5 Å². The fraction of sp³-hybridized carbons (Fsp3) is 0.333. The molecule has 2 aromatic rings. The van der Waals surface area contributed by atoms with Gasteiger partial charge < -0.3 is 4.90 Å². The first-order valence-electron chi connectivity index (χ1n) is 8.71. The fourth-order valence-electron chi connectivity index (χ4n) is 3.57. The van der Waals surface area contributed by atoms with Gasteiger partial charge in [-0.05, 0) is 43.1 Å². The Morgan fingerprint density at radius 3 is 2.64 bits per heavy atom. The Balaban J connectivity index is 1.72. The number of nitrogens with zero attached hydrogens (tertiary/aromatic N) is 3. The Bertz CT molecular complexity index is 766. The first-order chi connectivity index (χ1) is 12.2. The van der Waals surface area contributed by atoms with E-state index in [1.54, 1.807) is 4.90 Å². The topological polar surface area (TPSA) is 47.3 Å². The summed E-state index contributed by atoms with van der Waals surface area (Å²) < 4.78 is 0. The number of aryl methyl sites for hydroxylation is 1. The second kappa shape index (κ2) is 7.96. The van der Waals surface area contributed by atoms with Gasteiger partial charge in [0.2, 0.25) is 5.91 Å². The van der Waals surface area contributed by atoms with E-state index in [1.165, 1.54) is 11.1 Å². The van der Waals surface area contributed by atoms with Gasteiger partial charge in [-0.15, -0.1) is 0 Å². The van der Waals surface area contributed by atoms with Gasteiger partial charge in [0.15, 0.2) is 0 Å². The maximum Gasteiger partial charge on any atom is 0.241 e. The molecular formula is C21H23N3O. The lowest BCUT2D eigenvalue weighted by atomic mass is 10.1. The molecular weight excluding hydrogens is 310 g/mol. The van der Waals surface area contributed by atoms with Gasteiger partial charge in [0, 0.05) is 18.3 Å². The molecule has 1 atom stereocenters. The van der Waals surface area contributed by atoms with E-state index in [0.717, 1.165) is 18.5 Å². The van der Waals surface area contributed by atoms with Crippen molar-refractivity contribution in [3.8, 4) is 6.07 Å². The standard InChI is InChI=1S/C21H23N3O/c1-23(20-13-12-17-8-5-6-11-19(17)20)16-21(25)24(15-7-14-22)18-9-3-2-4-10-18/h2-6,8-11,20H,7,12-13,15-16H2,1H3. The molecule has 0 aliphatic heterocycles. The number of amides is 1. The number of benzene rings is 2. The highest BCUT2D eigenvalue weighted by Gasteiger charge is 2.27. The first-order valence-corrected chi connectivity index (χ1v) is 8.71. The zero-order valence-corrected chi connectivity index (χ0v) is 14.6. The summed E-state index contributed by atoms with van der Waals surface area (Å²) in [6.45, 7) is 0.772. The Morgan fingerprint density at radius 1 is 1.16 bits per heavy atom.